The fraction of sp³-hybridized carbons (Fsp3) is 0.920. The Bertz CT molecular complexity index is 496. The van der Waals surface area contributed by atoms with Gasteiger partial charge in [-0.3, -0.25) is 9.59 Å². The van der Waals surface area contributed by atoms with Crippen molar-refractivity contribution in [3.63, 3.8) is 0 Å². The minimum absolute atomic E-state index is 0.000385. The van der Waals surface area contributed by atoms with Gasteiger partial charge in [0.25, 0.3) is 0 Å². The molecule has 0 aromatic heterocycles. The van der Waals surface area contributed by atoms with E-state index in [9.17, 15) is 14.0 Å². The average Bonchev–Trinajstić information content (AvgIpc) is 2.82. The number of alkyl halides is 1. The van der Waals surface area contributed by atoms with E-state index < -0.39 is 6.17 Å². The molecule has 0 aromatic carbocycles. The first kappa shape index (κ1) is 32.7. The van der Waals surface area contributed by atoms with Gasteiger partial charge in [0.1, 0.15) is 12.8 Å². The van der Waals surface area contributed by atoms with Gasteiger partial charge in [-0.1, -0.05) is 20.8 Å². The molecule has 0 fully saturated rings. The second-order valence-corrected chi connectivity index (χ2v) is 8.80. The molecule has 9 heteroatoms. The largest absolute Gasteiger partial charge is 0.379 e. The minimum Gasteiger partial charge on any atom is -0.379 e. The molecular weight excluding hydrogens is 443 g/mol. The van der Waals surface area contributed by atoms with E-state index in [1.54, 1.807) is 13.8 Å². The summed E-state index contributed by atoms with van der Waals surface area (Å²) in [5.74, 6) is -0.341. The molecule has 8 nitrogen and oxygen atoms in total. The highest BCUT2D eigenvalue weighted by Crippen LogP contribution is 2.00. The summed E-state index contributed by atoms with van der Waals surface area (Å²) in [6.45, 7) is 11.4. The number of hydrogen-bond acceptors (Lipinski definition) is 6. The molecule has 2 N–H and O–H groups in total. The summed E-state index contributed by atoms with van der Waals surface area (Å²) < 4.78 is 35.4. The first-order valence-corrected chi connectivity index (χ1v) is 12.9. The van der Waals surface area contributed by atoms with E-state index in [1.807, 2.05) is 13.8 Å². The van der Waals surface area contributed by atoms with Crippen LogP contribution < -0.4 is 10.6 Å². The number of unbranched alkanes of at least 4 members (excludes halogenated alkanes) is 4. The van der Waals surface area contributed by atoms with Crippen molar-refractivity contribution in [2.24, 2.45) is 5.92 Å². The van der Waals surface area contributed by atoms with Gasteiger partial charge in [-0.15, -0.1) is 0 Å². The lowest BCUT2D eigenvalue weighted by Crippen LogP contribution is -2.34. The Hall–Kier alpha value is -1.29. The van der Waals surface area contributed by atoms with E-state index in [4.69, 9.17) is 18.9 Å². The Labute approximate surface area is 206 Å². The number of halogens is 1. The van der Waals surface area contributed by atoms with Gasteiger partial charge in [0.15, 0.2) is 0 Å². The molecule has 0 rings (SSSR count). The smallest absolute Gasteiger partial charge is 0.246 e. The monoisotopic (exact) mass is 492 g/mol. The Kier molecular flexibility index (Phi) is 22.6. The van der Waals surface area contributed by atoms with Gasteiger partial charge in [0.05, 0.1) is 32.5 Å². The van der Waals surface area contributed by atoms with Crippen LogP contribution in [-0.4, -0.2) is 83.4 Å². The Morgan fingerprint density at radius 1 is 0.794 bits per heavy atom. The van der Waals surface area contributed by atoms with E-state index >= 15 is 0 Å². The molecule has 202 valence electrons. The van der Waals surface area contributed by atoms with Crippen LogP contribution >= 0.6 is 0 Å². The third-order valence-electron chi connectivity index (χ3n) is 5.13. The highest BCUT2D eigenvalue weighted by atomic mass is 19.1. The summed E-state index contributed by atoms with van der Waals surface area (Å²) in [6.07, 6.45) is 5.49. The summed E-state index contributed by atoms with van der Waals surface area (Å²) in [6, 6.07) is 0. The molecule has 2 amide bonds. The quantitative estimate of drug-likeness (QED) is 0.201. The number of nitrogens with one attached hydrogen (secondary N) is 2. The number of rotatable bonds is 24. The lowest BCUT2D eigenvalue weighted by Gasteiger charge is -2.12. The van der Waals surface area contributed by atoms with Crippen molar-refractivity contribution in [2.75, 3.05) is 59.3 Å². The first-order valence-electron chi connectivity index (χ1n) is 12.9. The molecule has 0 heterocycles. The van der Waals surface area contributed by atoms with Crippen LogP contribution in [0.3, 0.4) is 0 Å². The van der Waals surface area contributed by atoms with Gasteiger partial charge in [0.2, 0.25) is 11.8 Å². The predicted octanol–water partition coefficient (Wildman–Crippen LogP) is 3.42. The van der Waals surface area contributed by atoms with Crippen LogP contribution in [0.1, 0.15) is 72.6 Å². The topological polar surface area (TPSA) is 95.1 Å². The second kappa shape index (κ2) is 23.5. The fourth-order valence-electron chi connectivity index (χ4n) is 2.71. The number of amides is 2. The van der Waals surface area contributed by atoms with Crippen LogP contribution in [-0.2, 0) is 28.5 Å². The van der Waals surface area contributed by atoms with Crippen molar-refractivity contribution in [1.29, 1.82) is 0 Å². The third-order valence-corrected chi connectivity index (χ3v) is 5.13. The van der Waals surface area contributed by atoms with Crippen molar-refractivity contribution < 1.29 is 32.9 Å². The van der Waals surface area contributed by atoms with Crippen LogP contribution in [0.25, 0.3) is 0 Å². The van der Waals surface area contributed by atoms with Crippen molar-refractivity contribution in [2.45, 2.75) is 84.9 Å². The highest BCUT2D eigenvalue weighted by molar-refractivity contribution is 5.77. The van der Waals surface area contributed by atoms with Crippen molar-refractivity contribution in [1.82, 2.24) is 10.6 Å². The average molecular weight is 493 g/mol. The maximum Gasteiger partial charge on any atom is 0.246 e. The predicted molar refractivity (Wildman–Crippen MR) is 132 cm³/mol. The van der Waals surface area contributed by atoms with E-state index in [-0.39, 0.29) is 43.6 Å². The lowest BCUT2D eigenvalue weighted by atomic mass is 10.2. The lowest BCUT2D eigenvalue weighted by molar-refractivity contribution is -0.127. The Balaban J connectivity index is 3.24. The van der Waals surface area contributed by atoms with Crippen molar-refractivity contribution in [3.8, 4) is 0 Å². The van der Waals surface area contributed by atoms with E-state index in [0.717, 1.165) is 44.9 Å². The van der Waals surface area contributed by atoms with Crippen LogP contribution in [0, 0.1) is 5.92 Å². The minimum atomic E-state index is -1.17. The summed E-state index contributed by atoms with van der Waals surface area (Å²) >= 11 is 0. The number of hydrogen-bond donors (Lipinski definition) is 2. The van der Waals surface area contributed by atoms with E-state index in [1.165, 1.54) is 0 Å². The summed E-state index contributed by atoms with van der Waals surface area (Å²) in [5, 5.41) is 5.42. The molecule has 0 saturated carbocycles. The zero-order valence-corrected chi connectivity index (χ0v) is 21.9. The van der Waals surface area contributed by atoms with Crippen LogP contribution in [0.15, 0.2) is 0 Å². The molecule has 0 spiro atoms. The molecule has 2 unspecified atom stereocenters. The molecule has 2 atom stereocenters. The zero-order valence-electron chi connectivity index (χ0n) is 21.9. The summed E-state index contributed by atoms with van der Waals surface area (Å²) in [4.78, 5) is 23.0. The molecule has 0 aromatic rings. The van der Waals surface area contributed by atoms with Crippen LogP contribution in [0.5, 0.6) is 0 Å². The fourth-order valence-corrected chi connectivity index (χ4v) is 2.71. The molecule has 0 radical (unpaired) electrons. The van der Waals surface area contributed by atoms with E-state index in [0.29, 0.717) is 39.6 Å². The van der Waals surface area contributed by atoms with Crippen LogP contribution in [0.2, 0.25) is 0 Å². The third kappa shape index (κ3) is 22.5. The number of carbonyl (C=O) groups is 2. The number of carbonyl (C=O) groups excluding carboxylic acids is 2. The molecule has 34 heavy (non-hydrogen) atoms. The van der Waals surface area contributed by atoms with Crippen molar-refractivity contribution in [3.05, 3.63) is 0 Å². The van der Waals surface area contributed by atoms with E-state index in [2.05, 4.69) is 10.6 Å². The maximum atomic E-state index is 13.6. The molecule has 0 aliphatic rings. The van der Waals surface area contributed by atoms with Gasteiger partial charge in [-0.2, -0.15) is 0 Å². The SMILES string of the molecule is CCC(C)OCC(=O)NCCCCCOCCOCCCCCOCC(F)CNC(=O)C(C)C. The second-order valence-electron chi connectivity index (χ2n) is 8.80. The normalized spacial score (nSPS) is 13.1. The van der Waals surface area contributed by atoms with Crippen molar-refractivity contribution >= 4 is 11.8 Å². The Morgan fingerprint density at radius 3 is 1.97 bits per heavy atom. The zero-order chi connectivity index (χ0) is 25.4. The number of ether oxygens (including phenoxy) is 4. The van der Waals surface area contributed by atoms with Gasteiger partial charge >= 0.3 is 0 Å². The molecule has 0 aliphatic carbocycles. The molecule has 0 saturated heterocycles. The maximum absolute atomic E-state index is 13.6. The van der Waals surface area contributed by atoms with Gasteiger partial charge in [0, 0.05) is 32.3 Å². The molecule has 0 aliphatic heterocycles. The van der Waals surface area contributed by atoms with Crippen LogP contribution in [0.4, 0.5) is 4.39 Å². The van der Waals surface area contributed by atoms with Gasteiger partial charge < -0.3 is 29.6 Å². The standard InChI is InChI=1S/C25H49FN2O6/c1-5-22(4)34-20-24(29)27-12-8-6-9-13-31-16-17-32-14-10-7-11-15-33-19-23(26)18-28-25(30)21(2)3/h21-23H,5-20H2,1-4H3,(H,27,29)(H,28,30). The van der Waals surface area contributed by atoms with Gasteiger partial charge in [-0.25, -0.2) is 4.39 Å². The summed E-state index contributed by atoms with van der Waals surface area (Å²) in [7, 11) is 0. The summed E-state index contributed by atoms with van der Waals surface area (Å²) in [5.41, 5.74) is 0. The molecule has 0 bridgehead atoms. The molecular formula is C25H49FN2O6. The van der Waals surface area contributed by atoms with Gasteiger partial charge in [-0.05, 0) is 51.9 Å². The Morgan fingerprint density at radius 2 is 1.38 bits per heavy atom. The first-order chi connectivity index (χ1) is 16.4. The highest BCUT2D eigenvalue weighted by Gasteiger charge is 2.11.